The van der Waals surface area contributed by atoms with Crippen LogP contribution in [-0.4, -0.2) is 12.0 Å². The number of hydrogen-bond donors (Lipinski definition) is 0. The van der Waals surface area contributed by atoms with E-state index in [-0.39, 0.29) is 0 Å². The van der Waals surface area contributed by atoms with Gasteiger partial charge in [-0.3, -0.25) is 9.88 Å². The first-order valence-corrected chi connectivity index (χ1v) is 4.30. The first-order valence-electron chi connectivity index (χ1n) is 4.30. The molecule has 0 saturated carbocycles. The van der Waals surface area contributed by atoms with Crippen molar-refractivity contribution in [2.24, 2.45) is 0 Å². The number of fused-ring (bicyclic) bond motifs is 1. The molecule has 0 aliphatic carbocycles. The largest absolute Gasteiger partial charge is 0.282 e. The predicted molar refractivity (Wildman–Crippen MR) is 55.8 cm³/mol. The van der Waals surface area contributed by atoms with Crippen molar-refractivity contribution < 1.29 is 0 Å². The minimum atomic E-state index is 0.887. The van der Waals surface area contributed by atoms with Crippen LogP contribution in [0.3, 0.4) is 0 Å². The van der Waals surface area contributed by atoms with Gasteiger partial charge in [0.25, 0.3) is 0 Å². The third-order valence-electron chi connectivity index (χ3n) is 2.13. The second-order valence-corrected chi connectivity index (χ2v) is 3.01. The lowest BCUT2D eigenvalue weighted by Gasteiger charge is -2.11. The van der Waals surface area contributed by atoms with Gasteiger partial charge in [-0.15, -0.1) is 0 Å². The smallest absolute Gasteiger partial charge is 0.184 e. The molecule has 0 fully saturated rings. The predicted octanol–water partition coefficient (Wildman–Crippen LogP) is 2.15. The fourth-order valence-corrected chi connectivity index (χ4v) is 1.43. The summed E-state index contributed by atoms with van der Waals surface area (Å²) in [5.74, 6) is 0. The lowest BCUT2D eigenvalue weighted by Crippen LogP contribution is -2.08. The molecule has 0 aliphatic rings. The van der Waals surface area contributed by atoms with E-state index in [1.807, 2.05) is 30.3 Å². The minimum Gasteiger partial charge on any atom is -0.282 e. The molecule has 0 spiro atoms. The lowest BCUT2D eigenvalue weighted by atomic mass is 10.2. The van der Waals surface area contributed by atoms with E-state index >= 15 is 0 Å². The van der Waals surface area contributed by atoms with Crippen molar-refractivity contribution >= 4 is 16.6 Å². The molecule has 0 unspecified atom stereocenters. The Morgan fingerprint density at radius 1 is 1.29 bits per heavy atom. The molecule has 0 atom stereocenters. The zero-order valence-electron chi connectivity index (χ0n) is 7.81. The van der Waals surface area contributed by atoms with E-state index in [4.69, 9.17) is 5.26 Å². The van der Waals surface area contributed by atoms with Crippen LogP contribution in [0, 0.1) is 11.5 Å². The summed E-state index contributed by atoms with van der Waals surface area (Å²) in [6, 6.07) is 9.58. The number of anilines is 1. The van der Waals surface area contributed by atoms with E-state index in [0.29, 0.717) is 0 Å². The van der Waals surface area contributed by atoms with Gasteiger partial charge in [0.1, 0.15) is 0 Å². The molecule has 0 amide bonds. The molecular weight excluding hydrogens is 174 g/mol. The molecule has 1 aromatic heterocycles. The number of pyridine rings is 1. The van der Waals surface area contributed by atoms with Crippen molar-refractivity contribution in [3.8, 4) is 6.19 Å². The van der Waals surface area contributed by atoms with Crippen LogP contribution >= 0.6 is 0 Å². The lowest BCUT2D eigenvalue weighted by molar-refractivity contribution is 1.21. The first kappa shape index (κ1) is 8.52. The molecule has 1 heterocycles. The average molecular weight is 183 g/mol. The monoisotopic (exact) mass is 183 g/mol. The van der Waals surface area contributed by atoms with E-state index in [1.54, 1.807) is 13.2 Å². The Bertz CT molecular complexity index is 494. The number of nitrogens with zero attached hydrogens (tertiary/aromatic N) is 3. The van der Waals surface area contributed by atoms with Gasteiger partial charge in [0.05, 0.1) is 11.2 Å². The molecule has 1 aromatic carbocycles. The van der Waals surface area contributed by atoms with E-state index in [1.165, 1.54) is 4.90 Å². The third-order valence-corrected chi connectivity index (χ3v) is 2.13. The summed E-state index contributed by atoms with van der Waals surface area (Å²) >= 11 is 0. The summed E-state index contributed by atoms with van der Waals surface area (Å²) in [6.45, 7) is 0. The standard InChI is InChI=1S/C11H9N3/c1-14(8-12)11-6-2-5-10-9(11)4-3-7-13-10/h2-7H,1H3. The van der Waals surface area contributed by atoms with Crippen LogP contribution < -0.4 is 4.90 Å². The maximum Gasteiger partial charge on any atom is 0.184 e. The van der Waals surface area contributed by atoms with E-state index < -0.39 is 0 Å². The second kappa shape index (κ2) is 3.35. The summed E-state index contributed by atoms with van der Waals surface area (Å²) in [7, 11) is 1.74. The number of benzene rings is 1. The molecule has 0 saturated heterocycles. The van der Waals surface area contributed by atoms with Crippen LogP contribution in [0.1, 0.15) is 0 Å². The van der Waals surface area contributed by atoms with Crippen LogP contribution in [0.5, 0.6) is 0 Å². The molecule has 0 radical (unpaired) electrons. The molecular formula is C11H9N3. The van der Waals surface area contributed by atoms with Gasteiger partial charge in [0, 0.05) is 18.6 Å². The minimum absolute atomic E-state index is 0.887. The number of aromatic nitrogens is 1. The van der Waals surface area contributed by atoms with Gasteiger partial charge >= 0.3 is 0 Å². The SMILES string of the molecule is CN(C#N)c1cccc2ncccc12. The van der Waals surface area contributed by atoms with Crippen LogP contribution in [0.4, 0.5) is 5.69 Å². The van der Waals surface area contributed by atoms with E-state index in [9.17, 15) is 0 Å². The van der Waals surface area contributed by atoms with Gasteiger partial charge in [-0.2, -0.15) is 5.26 Å². The van der Waals surface area contributed by atoms with Crippen molar-refractivity contribution in [3.63, 3.8) is 0 Å². The fourth-order valence-electron chi connectivity index (χ4n) is 1.43. The van der Waals surface area contributed by atoms with Crippen molar-refractivity contribution in [3.05, 3.63) is 36.5 Å². The summed E-state index contributed by atoms with van der Waals surface area (Å²) in [6.07, 6.45) is 3.83. The van der Waals surface area contributed by atoms with Crippen LogP contribution in [-0.2, 0) is 0 Å². The number of hydrogen-bond acceptors (Lipinski definition) is 3. The topological polar surface area (TPSA) is 39.9 Å². The third kappa shape index (κ3) is 1.27. The highest BCUT2D eigenvalue weighted by atomic mass is 15.1. The van der Waals surface area contributed by atoms with Crippen molar-refractivity contribution in [1.29, 1.82) is 5.26 Å². The Kier molecular flexibility index (Phi) is 2.04. The van der Waals surface area contributed by atoms with Crippen molar-refractivity contribution in [2.45, 2.75) is 0 Å². The van der Waals surface area contributed by atoms with Crippen LogP contribution in [0.15, 0.2) is 36.5 Å². The van der Waals surface area contributed by atoms with E-state index in [2.05, 4.69) is 11.2 Å². The first-order chi connectivity index (χ1) is 6.83. The Morgan fingerprint density at radius 3 is 2.93 bits per heavy atom. The highest BCUT2D eigenvalue weighted by molar-refractivity contribution is 5.92. The summed E-state index contributed by atoms with van der Waals surface area (Å²) in [5, 5.41) is 9.80. The molecule has 68 valence electrons. The van der Waals surface area contributed by atoms with E-state index in [0.717, 1.165) is 16.6 Å². The summed E-state index contributed by atoms with van der Waals surface area (Å²) in [5.41, 5.74) is 1.80. The van der Waals surface area contributed by atoms with Crippen LogP contribution in [0.25, 0.3) is 10.9 Å². The van der Waals surface area contributed by atoms with Gasteiger partial charge in [0.15, 0.2) is 6.19 Å². The highest BCUT2D eigenvalue weighted by Crippen LogP contribution is 2.23. The highest BCUT2D eigenvalue weighted by Gasteiger charge is 2.04. The Hall–Kier alpha value is -2.08. The van der Waals surface area contributed by atoms with Gasteiger partial charge in [0.2, 0.25) is 0 Å². The quantitative estimate of drug-likeness (QED) is 0.502. The Labute approximate surface area is 82.2 Å². The zero-order chi connectivity index (χ0) is 9.97. The maximum absolute atomic E-state index is 8.80. The second-order valence-electron chi connectivity index (χ2n) is 3.01. The molecule has 2 rings (SSSR count). The molecule has 2 aromatic rings. The molecule has 0 N–H and O–H groups in total. The molecule has 0 bridgehead atoms. The van der Waals surface area contributed by atoms with Crippen LogP contribution in [0.2, 0.25) is 0 Å². The van der Waals surface area contributed by atoms with Gasteiger partial charge in [-0.25, -0.2) is 0 Å². The van der Waals surface area contributed by atoms with Gasteiger partial charge in [-0.05, 0) is 24.3 Å². The molecule has 3 nitrogen and oxygen atoms in total. The molecule has 3 heteroatoms. The molecule has 14 heavy (non-hydrogen) atoms. The zero-order valence-corrected chi connectivity index (χ0v) is 7.81. The Balaban J connectivity index is 2.72. The number of rotatable bonds is 1. The molecule has 0 aliphatic heterocycles. The van der Waals surface area contributed by atoms with Crippen molar-refractivity contribution in [2.75, 3.05) is 11.9 Å². The average Bonchev–Trinajstić information content (AvgIpc) is 2.27. The maximum atomic E-state index is 8.80. The van der Waals surface area contributed by atoms with Gasteiger partial charge in [-0.1, -0.05) is 6.07 Å². The Morgan fingerprint density at radius 2 is 2.14 bits per heavy atom. The number of nitriles is 1. The van der Waals surface area contributed by atoms with Gasteiger partial charge < -0.3 is 0 Å². The summed E-state index contributed by atoms with van der Waals surface area (Å²) < 4.78 is 0. The summed E-state index contributed by atoms with van der Waals surface area (Å²) in [4.78, 5) is 5.75. The van der Waals surface area contributed by atoms with Crippen molar-refractivity contribution in [1.82, 2.24) is 4.98 Å². The fraction of sp³-hybridized carbons (Fsp3) is 0.0909. The normalized spacial score (nSPS) is 9.71.